The minimum atomic E-state index is -1.07. The Balaban J connectivity index is 2.59. The number of halogens is 2. The number of aromatic nitrogens is 2. The van der Waals surface area contributed by atoms with Crippen LogP contribution in [0.3, 0.4) is 0 Å². The first-order chi connectivity index (χ1) is 8.58. The van der Waals surface area contributed by atoms with Crippen molar-refractivity contribution in [1.82, 2.24) is 9.55 Å². The fourth-order valence-electron chi connectivity index (χ4n) is 1.76. The van der Waals surface area contributed by atoms with Crippen LogP contribution in [0.4, 0.5) is 8.78 Å². The van der Waals surface area contributed by atoms with Crippen LogP contribution in [0.25, 0.3) is 11.0 Å². The van der Waals surface area contributed by atoms with Gasteiger partial charge in [-0.05, 0) is 12.1 Å². The SMILES string of the molecule is COC(Cn1c(=O)[nH]c2ccc(F)c(F)c21)OC. The highest BCUT2D eigenvalue weighted by atomic mass is 19.2. The summed E-state index contributed by atoms with van der Waals surface area (Å²) in [5, 5.41) is 0. The van der Waals surface area contributed by atoms with E-state index in [0.29, 0.717) is 0 Å². The highest BCUT2D eigenvalue weighted by Crippen LogP contribution is 2.18. The van der Waals surface area contributed by atoms with E-state index in [2.05, 4.69) is 4.98 Å². The Kier molecular flexibility index (Phi) is 3.44. The van der Waals surface area contributed by atoms with Crippen molar-refractivity contribution in [3.05, 3.63) is 34.3 Å². The van der Waals surface area contributed by atoms with Crippen molar-refractivity contribution in [1.29, 1.82) is 0 Å². The lowest BCUT2D eigenvalue weighted by Crippen LogP contribution is -2.27. The second kappa shape index (κ2) is 4.87. The molecule has 0 saturated carbocycles. The second-order valence-corrected chi connectivity index (χ2v) is 3.70. The van der Waals surface area contributed by atoms with E-state index in [1.54, 1.807) is 0 Å². The van der Waals surface area contributed by atoms with Gasteiger partial charge in [-0.25, -0.2) is 13.6 Å². The van der Waals surface area contributed by atoms with Crippen LogP contribution in [0.1, 0.15) is 0 Å². The lowest BCUT2D eigenvalue weighted by atomic mass is 10.3. The molecule has 0 aliphatic rings. The van der Waals surface area contributed by atoms with Gasteiger partial charge >= 0.3 is 5.69 Å². The summed E-state index contributed by atoms with van der Waals surface area (Å²) in [6.45, 7) is -0.0355. The topological polar surface area (TPSA) is 56.2 Å². The summed E-state index contributed by atoms with van der Waals surface area (Å²) in [6, 6.07) is 2.27. The molecule has 98 valence electrons. The number of imidazole rings is 1. The van der Waals surface area contributed by atoms with Gasteiger partial charge in [0.2, 0.25) is 0 Å². The molecule has 0 atom stereocenters. The zero-order valence-corrected chi connectivity index (χ0v) is 9.87. The van der Waals surface area contributed by atoms with Crippen LogP contribution in [-0.2, 0) is 16.0 Å². The van der Waals surface area contributed by atoms with E-state index in [1.165, 1.54) is 20.3 Å². The van der Waals surface area contributed by atoms with E-state index in [0.717, 1.165) is 10.6 Å². The molecular formula is C11H12F2N2O3. The first-order valence-corrected chi connectivity index (χ1v) is 5.20. The van der Waals surface area contributed by atoms with Crippen LogP contribution in [0.2, 0.25) is 0 Å². The van der Waals surface area contributed by atoms with E-state index in [4.69, 9.17) is 9.47 Å². The molecule has 1 N–H and O–H groups in total. The summed E-state index contributed by atoms with van der Waals surface area (Å²) < 4.78 is 37.8. The van der Waals surface area contributed by atoms with Crippen LogP contribution >= 0.6 is 0 Å². The molecule has 18 heavy (non-hydrogen) atoms. The number of hydrogen-bond acceptors (Lipinski definition) is 3. The van der Waals surface area contributed by atoms with E-state index in [-0.39, 0.29) is 17.6 Å². The summed E-state index contributed by atoms with van der Waals surface area (Å²) in [4.78, 5) is 14.1. The van der Waals surface area contributed by atoms with Gasteiger partial charge in [-0.3, -0.25) is 4.57 Å². The lowest BCUT2D eigenvalue weighted by Gasteiger charge is -2.13. The van der Waals surface area contributed by atoms with Gasteiger partial charge in [0.15, 0.2) is 17.9 Å². The Bertz CT molecular complexity index is 617. The van der Waals surface area contributed by atoms with E-state index in [1.807, 2.05) is 0 Å². The molecule has 1 aromatic heterocycles. The van der Waals surface area contributed by atoms with Crippen molar-refractivity contribution in [2.75, 3.05) is 14.2 Å². The van der Waals surface area contributed by atoms with Crippen LogP contribution in [0.5, 0.6) is 0 Å². The Morgan fingerprint density at radius 1 is 1.33 bits per heavy atom. The molecule has 7 heteroatoms. The minimum absolute atomic E-state index is 0.0355. The number of aromatic amines is 1. The number of nitrogens with zero attached hydrogens (tertiary/aromatic N) is 1. The van der Waals surface area contributed by atoms with Gasteiger partial charge in [0.1, 0.15) is 5.52 Å². The Hall–Kier alpha value is -1.73. The number of methoxy groups -OCH3 is 2. The maximum absolute atomic E-state index is 13.7. The molecule has 1 aromatic carbocycles. The van der Waals surface area contributed by atoms with E-state index >= 15 is 0 Å². The number of ether oxygens (including phenoxy) is 2. The number of hydrogen-bond donors (Lipinski definition) is 1. The predicted octanol–water partition coefficient (Wildman–Crippen LogP) is 1.23. The summed E-state index contributed by atoms with van der Waals surface area (Å²) >= 11 is 0. The fourth-order valence-corrected chi connectivity index (χ4v) is 1.76. The minimum Gasteiger partial charge on any atom is -0.354 e. The number of fused-ring (bicyclic) bond motifs is 1. The van der Waals surface area contributed by atoms with Crippen LogP contribution < -0.4 is 5.69 Å². The van der Waals surface area contributed by atoms with Crippen molar-refractivity contribution in [2.24, 2.45) is 0 Å². The fraction of sp³-hybridized carbons (Fsp3) is 0.364. The molecule has 0 saturated heterocycles. The molecule has 5 nitrogen and oxygen atoms in total. The molecule has 0 unspecified atom stereocenters. The zero-order valence-electron chi connectivity index (χ0n) is 9.87. The van der Waals surface area contributed by atoms with Crippen LogP contribution in [-0.4, -0.2) is 30.1 Å². The molecule has 0 radical (unpaired) electrons. The Morgan fingerprint density at radius 2 is 2.00 bits per heavy atom. The molecule has 2 aromatic rings. The van der Waals surface area contributed by atoms with Crippen molar-refractivity contribution in [2.45, 2.75) is 12.8 Å². The molecule has 0 aliphatic heterocycles. The first-order valence-electron chi connectivity index (χ1n) is 5.20. The van der Waals surface area contributed by atoms with Crippen molar-refractivity contribution in [3.63, 3.8) is 0 Å². The third-order valence-corrected chi connectivity index (χ3v) is 2.68. The van der Waals surface area contributed by atoms with Gasteiger partial charge in [-0.1, -0.05) is 0 Å². The zero-order chi connectivity index (χ0) is 13.3. The monoisotopic (exact) mass is 258 g/mol. The van der Waals surface area contributed by atoms with Crippen molar-refractivity contribution < 1.29 is 18.3 Å². The molecule has 0 fully saturated rings. The summed E-state index contributed by atoms with van der Waals surface area (Å²) in [7, 11) is 2.79. The van der Waals surface area contributed by atoms with Gasteiger partial charge in [-0.15, -0.1) is 0 Å². The third kappa shape index (κ3) is 2.02. The third-order valence-electron chi connectivity index (χ3n) is 2.68. The molecule has 2 rings (SSSR count). The van der Waals surface area contributed by atoms with Crippen molar-refractivity contribution >= 4 is 11.0 Å². The molecule has 0 spiro atoms. The van der Waals surface area contributed by atoms with Gasteiger partial charge < -0.3 is 14.5 Å². The van der Waals surface area contributed by atoms with Gasteiger partial charge in [0.25, 0.3) is 0 Å². The standard InChI is InChI=1S/C11H12F2N2O3/c1-17-8(18-2)5-15-10-7(14-11(15)16)4-3-6(12)9(10)13/h3-4,8H,5H2,1-2H3,(H,14,16). The van der Waals surface area contributed by atoms with Crippen molar-refractivity contribution in [3.8, 4) is 0 Å². The molecule has 1 heterocycles. The second-order valence-electron chi connectivity index (χ2n) is 3.70. The van der Waals surface area contributed by atoms with Crippen LogP contribution in [0.15, 0.2) is 16.9 Å². The molecule has 0 aliphatic carbocycles. The van der Waals surface area contributed by atoms with Gasteiger partial charge in [-0.2, -0.15) is 0 Å². The van der Waals surface area contributed by atoms with E-state index in [9.17, 15) is 13.6 Å². The quantitative estimate of drug-likeness (QED) is 0.839. The first kappa shape index (κ1) is 12.7. The van der Waals surface area contributed by atoms with Gasteiger partial charge in [0.05, 0.1) is 12.1 Å². The highest BCUT2D eigenvalue weighted by molar-refractivity contribution is 5.75. The van der Waals surface area contributed by atoms with Crippen LogP contribution in [0, 0.1) is 11.6 Å². The molecule has 0 amide bonds. The molecule has 0 bridgehead atoms. The average Bonchev–Trinajstić information content (AvgIpc) is 2.68. The summed E-state index contributed by atoms with van der Waals surface area (Å²) in [5.74, 6) is -2.08. The molecular weight excluding hydrogens is 246 g/mol. The summed E-state index contributed by atoms with van der Waals surface area (Å²) in [6.07, 6.45) is -0.718. The highest BCUT2D eigenvalue weighted by Gasteiger charge is 2.17. The van der Waals surface area contributed by atoms with Gasteiger partial charge in [0, 0.05) is 14.2 Å². The number of H-pyrrole nitrogens is 1. The lowest BCUT2D eigenvalue weighted by molar-refractivity contribution is -0.110. The Labute approximate surface area is 101 Å². The number of benzene rings is 1. The average molecular weight is 258 g/mol. The number of nitrogens with one attached hydrogen (secondary N) is 1. The normalized spacial score (nSPS) is 11.6. The smallest absolute Gasteiger partial charge is 0.326 e. The largest absolute Gasteiger partial charge is 0.354 e. The maximum Gasteiger partial charge on any atom is 0.326 e. The van der Waals surface area contributed by atoms with E-state index < -0.39 is 23.6 Å². The maximum atomic E-state index is 13.7. The summed E-state index contributed by atoms with van der Waals surface area (Å²) in [5.41, 5.74) is -0.447. The Morgan fingerprint density at radius 3 is 2.61 bits per heavy atom. The predicted molar refractivity (Wildman–Crippen MR) is 60.3 cm³/mol. The number of rotatable bonds is 4.